The van der Waals surface area contributed by atoms with E-state index in [1.807, 2.05) is 6.92 Å². The van der Waals surface area contributed by atoms with Gasteiger partial charge in [0, 0.05) is 19.3 Å². The lowest BCUT2D eigenvalue weighted by Crippen LogP contribution is -2.03. The number of rotatable bonds is 18. The van der Waals surface area contributed by atoms with Gasteiger partial charge < -0.3 is 4.74 Å². The van der Waals surface area contributed by atoms with Crippen LogP contribution >= 0.6 is 0 Å². The predicted molar refractivity (Wildman–Crippen MR) is 101 cm³/mol. The molecular formula is C21H40O3. The third kappa shape index (κ3) is 17.5. The summed E-state index contributed by atoms with van der Waals surface area (Å²) >= 11 is 0. The van der Waals surface area contributed by atoms with Crippen LogP contribution in [0.15, 0.2) is 0 Å². The van der Waals surface area contributed by atoms with E-state index in [4.69, 9.17) is 4.74 Å². The van der Waals surface area contributed by atoms with Crippen molar-refractivity contribution in [1.29, 1.82) is 0 Å². The molecule has 0 aromatic heterocycles. The van der Waals surface area contributed by atoms with Crippen LogP contribution in [-0.4, -0.2) is 18.4 Å². The Morgan fingerprint density at radius 3 is 1.46 bits per heavy atom. The van der Waals surface area contributed by atoms with Crippen molar-refractivity contribution in [1.82, 2.24) is 0 Å². The van der Waals surface area contributed by atoms with Gasteiger partial charge in [-0.1, -0.05) is 71.1 Å². The molecule has 0 aliphatic heterocycles. The molecule has 0 atom stereocenters. The van der Waals surface area contributed by atoms with E-state index in [2.05, 4.69) is 6.92 Å². The Hall–Kier alpha value is -0.860. The molecule has 0 saturated carbocycles. The Balaban J connectivity index is 3.22. The van der Waals surface area contributed by atoms with Crippen LogP contribution in [0.4, 0.5) is 0 Å². The minimum absolute atomic E-state index is 0.0755. The number of carbonyl (C=O) groups is 2. The molecule has 0 fully saturated rings. The van der Waals surface area contributed by atoms with Crippen molar-refractivity contribution in [2.24, 2.45) is 0 Å². The van der Waals surface area contributed by atoms with Gasteiger partial charge in [0.15, 0.2) is 0 Å². The van der Waals surface area contributed by atoms with Crippen LogP contribution in [0.5, 0.6) is 0 Å². The molecule has 3 nitrogen and oxygen atoms in total. The van der Waals surface area contributed by atoms with E-state index in [1.165, 1.54) is 44.9 Å². The van der Waals surface area contributed by atoms with Crippen molar-refractivity contribution in [3.8, 4) is 0 Å². The molecule has 0 saturated heterocycles. The average Bonchev–Trinajstić information content (AvgIpc) is 2.56. The standard InChI is InChI=1S/C21H40O3/c1-3-5-6-7-8-11-14-17-20(22)18-15-12-9-10-13-16-19-21(23)24-4-2/h3-19H2,1-2H3. The van der Waals surface area contributed by atoms with Gasteiger partial charge in [-0.15, -0.1) is 0 Å². The van der Waals surface area contributed by atoms with Crippen molar-refractivity contribution in [2.75, 3.05) is 6.61 Å². The SMILES string of the molecule is CCCCCCCCCC(=O)CCCCCCCCC(=O)OCC. The first-order valence-electron chi connectivity index (χ1n) is 10.4. The lowest BCUT2D eigenvalue weighted by Gasteiger charge is -2.03. The molecule has 0 unspecified atom stereocenters. The van der Waals surface area contributed by atoms with E-state index in [0.717, 1.165) is 51.4 Å². The van der Waals surface area contributed by atoms with Crippen molar-refractivity contribution in [3.05, 3.63) is 0 Å². The first-order valence-corrected chi connectivity index (χ1v) is 10.4. The zero-order valence-corrected chi connectivity index (χ0v) is 16.2. The van der Waals surface area contributed by atoms with Crippen LogP contribution in [0, 0.1) is 0 Å². The first kappa shape index (κ1) is 23.1. The molecule has 0 aliphatic rings. The van der Waals surface area contributed by atoms with Gasteiger partial charge in [0.2, 0.25) is 0 Å². The summed E-state index contributed by atoms with van der Waals surface area (Å²) in [6, 6.07) is 0. The van der Waals surface area contributed by atoms with Gasteiger partial charge in [0.1, 0.15) is 5.78 Å². The van der Waals surface area contributed by atoms with Gasteiger partial charge in [0.05, 0.1) is 6.61 Å². The summed E-state index contributed by atoms with van der Waals surface area (Å²) in [4.78, 5) is 23.0. The number of esters is 1. The van der Waals surface area contributed by atoms with Gasteiger partial charge in [-0.05, 0) is 26.2 Å². The van der Waals surface area contributed by atoms with Crippen molar-refractivity contribution >= 4 is 11.8 Å². The van der Waals surface area contributed by atoms with Gasteiger partial charge >= 0.3 is 5.97 Å². The minimum atomic E-state index is -0.0755. The summed E-state index contributed by atoms with van der Waals surface area (Å²) in [6.07, 6.45) is 17.5. The Kier molecular flexibility index (Phi) is 17.8. The molecule has 0 amide bonds. The molecule has 0 N–H and O–H groups in total. The zero-order valence-electron chi connectivity index (χ0n) is 16.2. The lowest BCUT2D eigenvalue weighted by atomic mass is 10.0. The van der Waals surface area contributed by atoms with Crippen LogP contribution in [0.3, 0.4) is 0 Å². The number of ether oxygens (including phenoxy) is 1. The average molecular weight is 341 g/mol. The van der Waals surface area contributed by atoms with Crippen LogP contribution < -0.4 is 0 Å². The summed E-state index contributed by atoms with van der Waals surface area (Å²) < 4.78 is 4.90. The van der Waals surface area contributed by atoms with E-state index < -0.39 is 0 Å². The third-order valence-electron chi connectivity index (χ3n) is 4.45. The van der Waals surface area contributed by atoms with Crippen LogP contribution in [0.2, 0.25) is 0 Å². The smallest absolute Gasteiger partial charge is 0.305 e. The molecule has 142 valence electrons. The highest BCUT2D eigenvalue weighted by atomic mass is 16.5. The molecule has 0 aliphatic carbocycles. The molecule has 0 aromatic carbocycles. The lowest BCUT2D eigenvalue weighted by molar-refractivity contribution is -0.143. The number of unbranched alkanes of at least 4 members (excludes halogenated alkanes) is 11. The van der Waals surface area contributed by atoms with Gasteiger partial charge in [-0.2, -0.15) is 0 Å². The zero-order chi connectivity index (χ0) is 17.9. The molecule has 3 heteroatoms. The second-order valence-corrected chi connectivity index (χ2v) is 6.84. The Morgan fingerprint density at radius 1 is 0.583 bits per heavy atom. The molecule has 0 radical (unpaired) electrons. The van der Waals surface area contributed by atoms with Gasteiger partial charge in [0.25, 0.3) is 0 Å². The fourth-order valence-electron chi connectivity index (χ4n) is 2.94. The topological polar surface area (TPSA) is 43.4 Å². The fraction of sp³-hybridized carbons (Fsp3) is 0.905. The summed E-state index contributed by atoms with van der Waals surface area (Å²) in [6.45, 7) is 4.56. The second-order valence-electron chi connectivity index (χ2n) is 6.84. The highest BCUT2D eigenvalue weighted by Crippen LogP contribution is 2.12. The predicted octanol–water partition coefficient (Wildman–Crippen LogP) is 6.38. The Labute approximate surface area is 149 Å². The summed E-state index contributed by atoms with van der Waals surface area (Å²) in [5, 5.41) is 0. The summed E-state index contributed by atoms with van der Waals surface area (Å²) in [5.74, 6) is 0.374. The molecule has 0 aromatic rings. The van der Waals surface area contributed by atoms with Crippen LogP contribution in [0.1, 0.15) is 117 Å². The minimum Gasteiger partial charge on any atom is -0.466 e. The molecule has 24 heavy (non-hydrogen) atoms. The van der Waals surface area contributed by atoms with E-state index in [0.29, 0.717) is 18.8 Å². The normalized spacial score (nSPS) is 10.8. The van der Waals surface area contributed by atoms with Gasteiger partial charge in [-0.3, -0.25) is 9.59 Å². The number of carbonyl (C=O) groups excluding carboxylic acids is 2. The molecular weight excluding hydrogens is 300 g/mol. The maximum absolute atomic E-state index is 11.8. The second kappa shape index (κ2) is 18.5. The number of ketones is 1. The van der Waals surface area contributed by atoms with E-state index in [1.54, 1.807) is 0 Å². The number of hydrogen-bond donors (Lipinski definition) is 0. The van der Waals surface area contributed by atoms with Crippen molar-refractivity contribution in [2.45, 2.75) is 117 Å². The third-order valence-corrected chi connectivity index (χ3v) is 4.45. The molecule has 0 bridgehead atoms. The highest BCUT2D eigenvalue weighted by Gasteiger charge is 2.03. The highest BCUT2D eigenvalue weighted by molar-refractivity contribution is 5.78. The van der Waals surface area contributed by atoms with E-state index in [-0.39, 0.29) is 5.97 Å². The Morgan fingerprint density at radius 2 is 1.00 bits per heavy atom. The first-order chi connectivity index (χ1) is 11.7. The molecule has 0 heterocycles. The molecule has 0 rings (SSSR count). The van der Waals surface area contributed by atoms with Crippen molar-refractivity contribution in [3.63, 3.8) is 0 Å². The summed E-state index contributed by atoms with van der Waals surface area (Å²) in [7, 11) is 0. The largest absolute Gasteiger partial charge is 0.466 e. The number of hydrogen-bond acceptors (Lipinski definition) is 3. The Bertz CT molecular complexity index is 299. The maximum atomic E-state index is 11.8. The van der Waals surface area contributed by atoms with Crippen LogP contribution in [0.25, 0.3) is 0 Å². The van der Waals surface area contributed by atoms with Crippen molar-refractivity contribution < 1.29 is 14.3 Å². The van der Waals surface area contributed by atoms with E-state index >= 15 is 0 Å². The number of Topliss-reactive ketones (excluding diaryl/α,β-unsaturated/α-hetero) is 1. The monoisotopic (exact) mass is 340 g/mol. The quantitative estimate of drug-likeness (QED) is 0.215. The summed E-state index contributed by atoms with van der Waals surface area (Å²) in [5.41, 5.74) is 0. The van der Waals surface area contributed by atoms with Crippen LogP contribution in [-0.2, 0) is 14.3 Å². The fourth-order valence-corrected chi connectivity index (χ4v) is 2.94. The molecule has 0 spiro atoms. The maximum Gasteiger partial charge on any atom is 0.305 e. The van der Waals surface area contributed by atoms with E-state index in [9.17, 15) is 9.59 Å². The van der Waals surface area contributed by atoms with Gasteiger partial charge in [-0.25, -0.2) is 0 Å².